The summed E-state index contributed by atoms with van der Waals surface area (Å²) in [4.78, 5) is 26.7. The molecule has 0 unspecified atom stereocenters. The number of carbonyl (C=O) groups is 2. The quantitative estimate of drug-likeness (QED) is 0.897. The molecule has 2 amide bonds. The summed E-state index contributed by atoms with van der Waals surface area (Å²) in [5.74, 6) is -0.456. The van der Waals surface area contributed by atoms with Crippen molar-refractivity contribution in [2.24, 2.45) is 0 Å². The van der Waals surface area contributed by atoms with Gasteiger partial charge < -0.3 is 10.6 Å². The Balaban J connectivity index is 1.93. The predicted octanol–water partition coefficient (Wildman–Crippen LogP) is 2.03. The molecule has 0 aliphatic rings. The minimum Gasteiger partial charge on any atom is -0.347 e. The van der Waals surface area contributed by atoms with E-state index in [-0.39, 0.29) is 11.8 Å². The van der Waals surface area contributed by atoms with Crippen LogP contribution in [0.2, 0.25) is 0 Å². The number of anilines is 1. The SMILES string of the molecule is CC(=O)Nc1nc(C(=O)NCc2ccccc2)cs1. The van der Waals surface area contributed by atoms with E-state index < -0.39 is 0 Å². The predicted molar refractivity (Wildman–Crippen MR) is 74.0 cm³/mol. The smallest absolute Gasteiger partial charge is 0.271 e. The molecule has 0 radical (unpaired) electrons. The zero-order chi connectivity index (χ0) is 13.7. The molecule has 5 nitrogen and oxygen atoms in total. The summed E-state index contributed by atoms with van der Waals surface area (Å²) in [6.07, 6.45) is 0. The number of hydrogen-bond donors (Lipinski definition) is 2. The summed E-state index contributed by atoms with van der Waals surface area (Å²) in [5, 5.41) is 7.36. The van der Waals surface area contributed by atoms with Crippen LogP contribution in [0.5, 0.6) is 0 Å². The van der Waals surface area contributed by atoms with Crippen LogP contribution < -0.4 is 10.6 Å². The second-order valence-electron chi connectivity index (χ2n) is 3.89. The van der Waals surface area contributed by atoms with Gasteiger partial charge in [0, 0.05) is 18.8 Å². The van der Waals surface area contributed by atoms with Crippen LogP contribution in [0.25, 0.3) is 0 Å². The molecule has 0 spiro atoms. The van der Waals surface area contributed by atoms with Crippen molar-refractivity contribution in [3.8, 4) is 0 Å². The van der Waals surface area contributed by atoms with Crippen LogP contribution in [0.4, 0.5) is 5.13 Å². The highest BCUT2D eigenvalue weighted by molar-refractivity contribution is 7.14. The normalized spacial score (nSPS) is 9.95. The monoisotopic (exact) mass is 275 g/mol. The summed E-state index contributed by atoms with van der Waals surface area (Å²) in [6.45, 7) is 1.85. The highest BCUT2D eigenvalue weighted by Gasteiger charge is 2.10. The summed E-state index contributed by atoms with van der Waals surface area (Å²) in [5.41, 5.74) is 1.33. The summed E-state index contributed by atoms with van der Waals surface area (Å²) in [6, 6.07) is 9.62. The second-order valence-corrected chi connectivity index (χ2v) is 4.75. The summed E-state index contributed by atoms with van der Waals surface area (Å²) >= 11 is 1.22. The van der Waals surface area contributed by atoms with Crippen LogP contribution in [-0.2, 0) is 11.3 Å². The third-order valence-electron chi connectivity index (χ3n) is 2.32. The fourth-order valence-electron chi connectivity index (χ4n) is 1.45. The lowest BCUT2D eigenvalue weighted by molar-refractivity contribution is -0.114. The van der Waals surface area contributed by atoms with Crippen LogP contribution in [0.3, 0.4) is 0 Å². The van der Waals surface area contributed by atoms with Gasteiger partial charge in [-0.1, -0.05) is 30.3 Å². The molecule has 1 aromatic carbocycles. The van der Waals surface area contributed by atoms with Crippen molar-refractivity contribution in [1.29, 1.82) is 0 Å². The molecule has 0 bridgehead atoms. The first-order valence-corrected chi connectivity index (χ1v) is 6.58. The molecule has 98 valence electrons. The minimum atomic E-state index is -0.253. The number of amides is 2. The van der Waals surface area contributed by atoms with Crippen LogP contribution in [0.15, 0.2) is 35.7 Å². The standard InChI is InChI=1S/C13H13N3O2S/c1-9(17)15-13-16-11(8-19-13)12(18)14-7-10-5-3-2-4-6-10/h2-6,8H,7H2,1H3,(H,14,18)(H,15,16,17). The maximum atomic E-state index is 11.8. The molecule has 19 heavy (non-hydrogen) atoms. The molecule has 2 N–H and O–H groups in total. The van der Waals surface area contributed by atoms with Crippen molar-refractivity contribution in [1.82, 2.24) is 10.3 Å². The molecule has 1 aromatic heterocycles. The maximum Gasteiger partial charge on any atom is 0.271 e. The van der Waals surface area contributed by atoms with Gasteiger partial charge in [-0.05, 0) is 5.56 Å². The van der Waals surface area contributed by atoms with Crippen molar-refractivity contribution in [2.75, 3.05) is 5.32 Å². The Morgan fingerprint density at radius 2 is 2.00 bits per heavy atom. The third kappa shape index (κ3) is 3.89. The van der Waals surface area contributed by atoms with Crippen LogP contribution >= 0.6 is 11.3 Å². The Labute approximate surface area is 114 Å². The highest BCUT2D eigenvalue weighted by Crippen LogP contribution is 2.15. The molecule has 0 atom stereocenters. The molecule has 1 heterocycles. The first-order chi connectivity index (χ1) is 9.15. The number of nitrogens with one attached hydrogen (secondary N) is 2. The van der Waals surface area contributed by atoms with E-state index in [4.69, 9.17) is 0 Å². The lowest BCUT2D eigenvalue weighted by Gasteiger charge is -2.02. The van der Waals surface area contributed by atoms with Crippen molar-refractivity contribution < 1.29 is 9.59 Å². The Hall–Kier alpha value is -2.21. The number of nitrogens with zero attached hydrogens (tertiary/aromatic N) is 1. The molecule has 0 saturated heterocycles. The van der Waals surface area contributed by atoms with E-state index in [2.05, 4.69) is 15.6 Å². The lowest BCUT2D eigenvalue weighted by Crippen LogP contribution is -2.23. The molecule has 2 rings (SSSR count). The Kier molecular flexibility index (Phi) is 4.25. The number of benzene rings is 1. The summed E-state index contributed by atoms with van der Waals surface area (Å²) in [7, 11) is 0. The van der Waals surface area contributed by atoms with Crippen molar-refractivity contribution in [2.45, 2.75) is 13.5 Å². The van der Waals surface area contributed by atoms with Crippen LogP contribution in [0.1, 0.15) is 23.0 Å². The van der Waals surface area contributed by atoms with Gasteiger partial charge >= 0.3 is 0 Å². The van der Waals surface area contributed by atoms with Gasteiger partial charge in [0.1, 0.15) is 5.69 Å². The molecule has 6 heteroatoms. The summed E-state index contributed by atoms with van der Waals surface area (Å²) < 4.78 is 0. The number of thiazole rings is 1. The second kappa shape index (κ2) is 6.10. The molecule has 2 aromatic rings. The van der Waals surface area contributed by atoms with Gasteiger partial charge in [0.25, 0.3) is 5.91 Å². The molecular formula is C13H13N3O2S. The molecule has 0 aliphatic carbocycles. The van der Waals surface area contributed by atoms with Crippen LogP contribution in [0, 0.1) is 0 Å². The van der Waals surface area contributed by atoms with Gasteiger partial charge in [0.2, 0.25) is 5.91 Å². The fraction of sp³-hybridized carbons (Fsp3) is 0.154. The van der Waals surface area contributed by atoms with Crippen molar-refractivity contribution >= 4 is 28.3 Å². The van der Waals surface area contributed by atoms with Gasteiger partial charge in [-0.2, -0.15) is 0 Å². The van der Waals surface area contributed by atoms with Gasteiger partial charge in [-0.3, -0.25) is 9.59 Å². The first kappa shape index (κ1) is 13.2. The zero-order valence-electron chi connectivity index (χ0n) is 10.3. The van der Waals surface area contributed by atoms with Crippen molar-refractivity contribution in [3.63, 3.8) is 0 Å². The van der Waals surface area contributed by atoms with E-state index in [1.54, 1.807) is 5.38 Å². The molecular weight excluding hydrogens is 262 g/mol. The Morgan fingerprint density at radius 3 is 2.68 bits per heavy atom. The zero-order valence-corrected chi connectivity index (χ0v) is 11.2. The van der Waals surface area contributed by atoms with Gasteiger partial charge in [-0.15, -0.1) is 11.3 Å². The van der Waals surface area contributed by atoms with Gasteiger partial charge in [0.05, 0.1) is 0 Å². The van der Waals surface area contributed by atoms with Gasteiger partial charge in [0.15, 0.2) is 5.13 Å². The van der Waals surface area contributed by atoms with Crippen LogP contribution in [-0.4, -0.2) is 16.8 Å². The third-order valence-corrected chi connectivity index (χ3v) is 3.07. The molecule has 0 aliphatic heterocycles. The fourth-order valence-corrected chi connectivity index (χ4v) is 2.19. The van der Waals surface area contributed by atoms with E-state index in [1.165, 1.54) is 18.3 Å². The average Bonchev–Trinajstić information content (AvgIpc) is 2.85. The average molecular weight is 275 g/mol. The van der Waals surface area contributed by atoms with E-state index >= 15 is 0 Å². The number of carbonyl (C=O) groups excluding carboxylic acids is 2. The van der Waals surface area contributed by atoms with E-state index in [0.717, 1.165) is 5.56 Å². The highest BCUT2D eigenvalue weighted by atomic mass is 32.1. The minimum absolute atomic E-state index is 0.203. The van der Waals surface area contributed by atoms with Gasteiger partial charge in [-0.25, -0.2) is 4.98 Å². The largest absolute Gasteiger partial charge is 0.347 e. The number of hydrogen-bond acceptors (Lipinski definition) is 4. The van der Waals surface area contributed by atoms with E-state index in [1.807, 2.05) is 30.3 Å². The first-order valence-electron chi connectivity index (χ1n) is 5.70. The maximum absolute atomic E-state index is 11.8. The lowest BCUT2D eigenvalue weighted by atomic mass is 10.2. The molecule has 0 saturated carbocycles. The number of aromatic nitrogens is 1. The Bertz CT molecular complexity index is 581. The topological polar surface area (TPSA) is 71.1 Å². The van der Waals surface area contributed by atoms with Crippen molar-refractivity contribution in [3.05, 3.63) is 47.0 Å². The van der Waals surface area contributed by atoms with E-state index in [0.29, 0.717) is 17.4 Å². The number of rotatable bonds is 4. The Morgan fingerprint density at radius 1 is 1.26 bits per heavy atom. The molecule has 0 fully saturated rings. The van der Waals surface area contributed by atoms with E-state index in [9.17, 15) is 9.59 Å².